The van der Waals surface area contributed by atoms with Crippen LogP contribution in [0.4, 0.5) is 0 Å². The zero-order chi connectivity index (χ0) is 42.3. The van der Waals surface area contributed by atoms with Gasteiger partial charge >= 0.3 is 17.9 Å². The Hall–Kier alpha value is -3.15. The van der Waals surface area contributed by atoms with E-state index in [4.69, 9.17) is 14.2 Å². The van der Waals surface area contributed by atoms with E-state index < -0.39 is 6.10 Å². The van der Waals surface area contributed by atoms with Crippen LogP contribution in [0.2, 0.25) is 0 Å². The van der Waals surface area contributed by atoms with Gasteiger partial charge in [0.05, 0.1) is 0 Å². The minimum Gasteiger partial charge on any atom is -0.462 e. The molecular formula is C52H88O6. The van der Waals surface area contributed by atoms with Crippen molar-refractivity contribution in [3.05, 3.63) is 72.9 Å². The molecule has 0 unspecified atom stereocenters. The molecule has 58 heavy (non-hydrogen) atoms. The van der Waals surface area contributed by atoms with Gasteiger partial charge in [-0.15, -0.1) is 0 Å². The number of esters is 3. The van der Waals surface area contributed by atoms with Crippen molar-refractivity contribution in [3.63, 3.8) is 0 Å². The highest BCUT2D eigenvalue weighted by Crippen LogP contribution is 2.14. The summed E-state index contributed by atoms with van der Waals surface area (Å²) < 4.78 is 16.7. The maximum atomic E-state index is 12.7. The average Bonchev–Trinajstić information content (AvgIpc) is 3.22. The molecule has 0 radical (unpaired) electrons. The van der Waals surface area contributed by atoms with Gasteiger partial charge in [0.25, 0.3) is 0 Å². The maximum absolute atomic E-state index is 12.7. The Morgan fingerprint density at radius 2 is 0.690 bits per heavy atom. The number of rotatable bonds is 42. The van der Waals surface area contributed by atoms with E-state index in [9.17, 15) is 14.4 Å². The molecule has 0 aromatic rings. The molecular weight excluding hydrogens is 721 g/mol. The molecule has 0 saturated heterocycles. The van der Waals surface area contributed by atoms with Crippen molar-refractivity contribution in [1.29, 1.82) is 0 Å². The zero-order valence-corrected chi connectivity index (χ0v) is 37.8. The molecule has 0 aromatic heterocycles. The molecule has 0 amide bonds. The van der Waals surface area contributed by atoms with Gasteiger partial charge in [-0.3, -0.25) is 14.4 Å². The van der Waals surface area contributed by atoms with Crippen LogP contribution in [0.15, 0.2) is 72.9 Å². The van der Waals surface area contributed by atoms with Crippen molar-refractivity contribution in [2.75, 3.05) is 13.2 Å². The Morgan fingerprint density at radius 3 is 1.17 bits per heavy atom. The van der Waals surface area contributed by atoms with Crippen molar-refractivity contribution in [2.24, 2.45) is 0 Å². The van der Waals surface area contributed by atoms with E-state index in [1.165, 1.54) is 83.5 Å². The van der Waals surface area contributed by atoms with Crippen molar-refractivity contribution in [3.8, 4) is 0 Å². The van der Waals surface area contributed by atoms with Crippen LogP contribution in [0.5, 0.6) is 0 Å². The van der Waals surface area contributed by atoms with Crippen LogP contribution in [0.1, 0.15) is 220 Å². The minimum absolute atomic E-state index is 0.0954. The van der Waals surface area contributed by atoms with E-state index in [0.29, 0.717) is 19.3 Å². The lowest BCUT2D eigenvalue weighted by molar-refractivity contribution is -0.167. The first kappa shape index (κ1) is 54.9. The molecule has 0 aromatic carbocycles. The third-order valence-electron chi connectivity index (χ3n) is 9.95. The number of hydrogen-bond donors (Lipinski definition) is 0. The molecule has 0 aliphatic carbocycles. The average molecular weight is 809 g/mol. The zero-order valence-electron chi connectivity index (χ0n) is 37.8. The summed E-state index contributed by atoms with van der Waals surface area (Å²) in [5.41, 5.74) is 0. The lowest BCUT2D eigenvalue weighted by atomic mass is 10.1. The standard InChI is InChI=1S/C52H88O6/c1-4-7-10-13-16-19-22-24-25-26-27-28-31-33-36-39-42-45-51(54)57-48-49(47-56-50(53)44-41-38-35-32-29-21-18-15-12-9-6-3)58-52(55)46-43-40-37-34-30-23-20-17-14-11-8-5-2/h7,10,16-17,19-20,24-25,27-28,33,36,49H,4-6,8-9,11-15,18,21-23,26,29-32,34-35,37-48H2,1-3H3/b10-7-,19-16-,20-17-,25-24-,28-27-,36-33-/t49-/m1/s1. The summed E-state index contributed by atoms with van der Waals surface area (Å²) in [6.45, 7) is 6.42. The second kappa shape index (κ2) is 46.5. The SMILES string of the molecule is CC/C=C\C/C=C\C/C=C\C/C=C\C/C=C\CCCC(=O)OC[C@@H](COC(=O)CCCCCCCCCCCCC)OC(=O)CCCCCCC/C=C\CCCCC. The first-order valence-electron chi connectivity index (χ1n) is 23.9. The number of carbonyl (C=O) groups excluding carboxylic acids is 3. The largest absolute Gasteiger partial charge is 0.462 e. The van der Waals surface area contributed by atoms with Crippen LogP contribution in [0.25, 0.3) is 0 Å². The monoisotopic (exact) mass is 809 g/mol. The number of unbranched alkanes of at least 4 members (excludes halogenated alkanes) is 19. The molecule has 0 aliphatic heterocycles. The molecule has 6 heteroatoms. The minimum atomic E-state index is -0.798. The second-order valence-corrected chi connectivity index (χ2v) is 15.6. The fourth-order valence-electron chi connectivity index (χ4n) is 6.35. The summed E-state index contributed by atoms with van der Waals surface area (Å²) >= 11 is 0. The molecule has 0 fully saturated rings. The summed E-state index contributed by atoms with van der Waals surface area (Å²) in [6, 6.07) is 0. The van der Waals surface area contributed by atoms with Crippen molar-refractivity contribution < 1.29 is 28.6 Å². The van der Waals surface area contributed by atoms with E-state index in [-0.39, 0.29) is 37.5 Å². The quantitative estimate of drug-likeness (QED) is 0.0264. The summed E-state index contributed by atoms with van der Waals surface area (Å²) in [7, 11) is 0. The molecule has 0 aliphatic rings. The maximum Gasteiger partial charge on any atom is 0.306 e. The predicted octanol–water partition coefficient (Wildman–Crippen LogP) is 15.5. The lowest BCUT2D eigenvalue weighted by Gasteiger charge is -2.18. The highest BCUT2D eigenvalue weighted by atomic mass is 16.6. The van der Waals surface area contributed by atoms with Crippen LogP contribution in [0.3, 0.4) is 0 Å². The molecule has 332 valence electrons. The molecule has 1 atom stereocenters. The van der Waals surface area contributed by atoms with Gasteiger partial charge in [0, 0.05) is 19.3 Å². The van der Waals surface area contributed by atoms with Gasteiger partial charge in [-0.25, -0.2) is 0 Å². The van der Waals surface area contributed by atoms with Gasteiger partial charge in [-0.1, -0.05) is 190 Å². The normalized spacial score (nSPS) is 12.7. The fraction of sp³-hybridized carbons (Fsp3) is 0.712. The van der Waals surface area contributed by atoms with Crippen LogP contribution < -0.4 is 0 Å². The van der Waals surface area contributed by atoms with Crippen LogP contribution in [-0.4, -0.2) is 37.2 Å². The van der Waals surface area contributed by atoms with Gasteiger partial charge in [0.15, 0.2) is 6.10 Å². The molecule has 0 N–H and O–H groups in total. The van der Waals surface area contributed by atoms with Gasteiger partial charge in [0.1, 0.15) is 13.2 Å². The number of carbonyl (C=O) groups is 3. The van der Waals surface area contributed by atoms with Crippen LogP contribution in [0, 0.1) is 0 Å². The van der Waals surface area contributed by atoms with Crippen LogP contribution in [-0.2, 0) is 28.6 Å². The van der Waals surface area contributed by atoms with Gasteiger partial charge < -0.3 is 14.2 Å². The Morgan fingerprint density at radius 1 is 0.362 bits per heavy atom. The summed E-state index contributed by atoms with van der Waals surface area (Å²) in [5.74, 6) is -0.969. The van der Waals surface area contributed by atoms with Crippen molar-refractivity contribution in [2.45, 2.75) is 226 Å². The van der Waals surface area contributed by atoms with E-state index in [0.717, 1.165) is 89.9 Å². The molecule has 6 nitrogen and oxygen atoms in total. The van der Waals surface area contributed by atoms with Gasteiger partial charge in [0.2, 0.25) is 0 Å². The topological polar surface area (TPSA) is 78.9 Å². The Balaban J connectivity index is 4.47. The Bertz CT molecular complexity index is 1110. The highest BCUT2D eigenvalue weighted by molar-refractivity contribution is 5.71. The Labute approximate surface area is 357 Å². The number of hydrogen-bond acceptors (Lipinski definition) is 6. The first-order valence-corrected chi connectivity index (χ1v) is 23.9. The molecule has 0 bridgehead atoms. The smallest absolute Gasteiger partial charge is 0.306 e. The van der Waals surface area contributed by atoms with E-state index >= 15 is 0 Å². The molecule has 0 rings (SSSR count). The fourth-order valence-corrected chi connectivity index (χ4v) is 6.35. The van der Waals surface area contributed by atoms with Crippen molar-refractivity contribution in [1.82, 2.24) is 0 Å². The third-order valence-corrected chi connectivity index (χ3v) is 9.95. The summed E-state index contributed by atoms with van der Waals surface area (Å²) in [4.78, 5) is 37.8. The number of ether oxygens (including phenoxy) is 3. The third kappa shape index (κ3) is 44.0. The summed E-state index contributed by atoms with van der Waals surface area (Å²) in [6.07, 6.45) is 57.4. The predicted molar refractivity (Wildman–Crippen MR) is 247 cm³/mol. The van der Waals surface area contributed by atoms with E-state index in [2.05, 4.69) is 93.7 Å². The molecule has 0 saturated carbocycles. The first-order chi connectivity index (χ1) is 28.5. The van der Waals surface area contributed by atoms with Gasteiger partial charge in [-0.2, -0.15) is 0 Å². The van der Waals surface area contributed by atoms with Gasteiger partial charge in [-0.05, 0) is 83.5 Å². The van der Waals surface area contributed by atoms with Crippen molar-refractivity contribution >= 4 is 17.9 Å². The Kier molecular flexibility index (Phi) is 44.0. The molecule has 0 spiro atoms. The lowest BCUT2D eigenvalue weighted by Crippen LogP contribution is -2.30. The van der Waals surface area contributed by atoms with E-state index in [1.54, 1.807) is 0 Å². The van der Waals surface area contributed by atoms with Crippen LogP contribution >= 0.6 is 0 Å². The second-order valence-electron chi connectivity index (χ2n) is 15.6. The molecule has 0 heterocycles. The van der Waals surface area contributed by atoms with E-state index in [1.807, 2.05) is 0 Å². The highest BCUT2D eigenvalue weighted by Gasteiger charge is 2.19. The number of allylic oxidation sites excluding steroid dienone is 12. The summed E-state index contributed by atoms with van der Waals surface area (Å²) in [5, 5.41) is 0.